The minimum atomic E-state index is 0.541. The summed E-state index contributed by atoms with van der Waals surface area (Å²) in [5.74, 6) is 2.63. The van der Waals surface area contributed by atoms with Gasteiger partial charge in [0, 0.05) is 24.8 Å². The van der Waals surface area contributed by atoms with Crippen LogP contribution < -0.4 is 5.32 Å². The summed E-state index contributed by atoms with van der Waals surface area (Å²) in [4.78, 5) is 0. The van der Waals surface area contributed by atoms with Crippen LogP contribution in [0.4, 0.5) is 0 Å². The summed E-state index contributed by atoms with van der Waals surface area (Å²) in [6.07, 6.45) is 3.73. The van der Waals surface area contributed by atoms with Crippen molar-refractivity contribution >= 4 is 11.8 Å². The normalized spacial score (nSPS) is 19.1. The van der Waals surface area contributed by atoms with Crippen LogP contribution in [-0.2, 0) is 13.5 Å². The maximum absolute atomic E-state index is 4.50. The minimum Gasteiger partial charge on any atom is -0.311 e. The van der Waals surface area contributed by atoms with Gasteiger partial charge in [0.2, 0.25) is 0 Å². The molecule has 1 aromatic rings. The summed E-state index contributed by atoms with van der Waals surface area (Å²) in [7, 11) is 2.03. The van der Waals surface area contributed by atoms with Gasteiger partial charge in [0.15, 0.2) is 0 Å². The summed E-state index contributed by atoms with van der Waals surface area (Å²) in [6, 6.07) is 1.26. The molecule has 18 heavy (non-hydrogen) atoms. The quantitative estimate of drug-likeness (QED) is 0.909. The third-order valence-corrected chi connectivity index (χ3v) is 4.96. The van der Waals surface area contributed by atoms with Gasteiger partial charge in [-0.25, -0.2) is 0 Å². The fourth-order valence-electron chi connectivity index (χ4n) is 2.74. The van der Waals surface area contributed by atoms with Crippen LogP contribution in [0, 0.1) is 13.8 Å². The lowest BCUT2D eigenvalue weighted by atomic mass is 10.0. The highest BCUT2D eigenvalue weighted by molar-refractivity contribution is 7.99. The van der Waals surface area contributed by atoms with E-state index in [0.717, 1.165) is 12.5 Å². The number of nitrogens with zero attached hydrogens (tertiary/aromatic N) is 2. The van der Waals surface area contributed by atoms with Gasteiger partial charge >= 0.3 is 0 Å². The number of hydrogen-bond acceptors (Lipinski definition) is 3. The second kappa shape index (κ2) is 6.11. The number of aryl methyl sites for hydroxylation is 2. The van der Waals surface area contributed by atoms with Crippen LogP contribution in [-0.4, -0.2) is 33.4 Å². The zero-order valence-electron chi connectivity index (χ0n) is 12.0. The molecule has 1 fully saturated rings. The van der Waals surface area contributed by atoms with E-state index in [4.69, 9.17) is 0 Å². The van der Waals surface area contributed by atoms with Crippen LogP contribution in [0.5, 0.6) is 0 Å². The van der Waals surface area contributed by atoms with E-state index in [-0.39, 0.29) is 0 Å². The predicted octanol–water partition coefficient (Wildman–Crippen LogP) is 2.45. The number of rotatable bonds is 4. The topological polar surface area (TPSA) is 29.9 Å². The first kappa shape index (κ1) is 13.9. The van der Waals surface area contributed by atoms with Crippen LogP contribution in [0.3, 0.4) is 0 Å². The summed E-state index contributed by atoms with van der Waals surface area (Å²) in [5, 5.41) is 8.28. The zero-order chi connectivity index (χ0) is 13.1. The van der Waals surface area contributed by atoms with Gasteiger partial charge in [-0.15, -0.1) is 0 Å². The molecular formula is C14H25N3S. The number of thioether (sulfide) groups is 1. The lowest BCUT2D eigenvalue weighted by Crippen LogP contribution is -2.40. The monoisotopic (exact) mass is 267 g/mol. The van der Waals surface area contributed by atoms with E-state index in [1.807, 2.05) is 11.7 Å². The fourth-order valence-corrected chi connectivity index (χ4v) is 3.85. The van der Waals surface area contributed by atoms with Gasteiger partial charge in [0.1, 0.15) is 0 Å². The van der Waals surface area contributed by atoms with Gasteiger partial charge in [-0.1, -0.05) is 0 Å². The molecule has 1 unspecified atom stereocenters. The van der Waals surface area contributed by atoms with Crippen molar-refractivity contribution in [2.24, 2.45) is 7.05 Å². The highest BCUT2D eigenvalue weighted by Gasteiger charge is 2.18. The van der Waals surface area contributed by atoms with Crippen LogP contribution in [0.15, 0.2) is 0 Å². The summed E-state index contributed by atoms with van der Waals surface area (Å²) in [6.45, 7) is 6.58. The van der Waals surface area contributed by atoms with Crippen molar-refractivity contribution in [2.75, 3.05) is 11.5 Å². The van der Waals surface area contributed by atoms with Crippen LogP contribution in [0.2, 0.25) is 0 Å². The molecule has 0 radical (unpaired) electrons. The Bertz CT molecular complexity index is 394. The largest absolute Gasteiger partial charge is 0.311 e. The molecule has 2 rings (SSSR count). The molecule has 1 aliphatic heterocycles. The Balaban J connectivity index is 1.91. The molecule has 3 nitrogen and oxygen atoms in total. The van der Waals surface area contributed by atoms with E-state index in [1.54, 1.807) is 0 Å². The Morgan fingerprint density at radius 3 is 2.61 bits per heavy atom. The Kier molecular flexibility index (Phi) is 4.73. The Labute approximate surface area is 115 Å². The minimum absolute atomic E-state index is 0.541. The van der Waals surface area contributed by atoms with Crippen LogP contribution in [0.25, 0.3) is 0 Å². The summed E-state index contributed by atoms with van der Waals surface area (Å²) in [5.41, 5.74) is 3.91. The van der Waals surface area contributed by atoms with Crippen molar-refractivity contribution in [1.82, 2.24) is 15.1 Å². The van der Waals surface area contributed by atoms with E-state index < -0.39 is 0 Å². The van der Waals surface area contributed by atoms with Gasteiger partial charge < -0.3 is 5.32 Å². The zero-order valence-corrected chi connectivity index (χ0v) is 12.8. The third-order valence-electron chi connectivity index (χ3n) is 3.91. The van der Waals surface area contributed by atoms with Crippen molar-refractivity contribution in [3.05, 3.63) is 17.0 Å². The molecule has 0 saturated carbocycles. The SMILES string of the molecule is Cc1nn(C)c(C)c1CC(C)NC1CCSCC1. The molecule has 1 N–H and O–H groups in total. The van der Waals surface area contributed by atoms with E-state index in [9.17, 15) is 0 Å². The molecule has 2 heterocycles. The van der Waals surface area contributed by atoms with Crippen LogP contribution >= 0.6 is 11.8 Å². The van der Waals surface area contributed by atoms with Gasteiger partial charge in [-0.3, -0.25) is 4.68 Å². The second-order valence-corrected chi connectivity index (χ2v) is 6.66. The van der Waals surface area contributed by atoms with Gasteiger partial charge in [0.05, 0.1) is 5.69 Å². The molecule has 0 aliphatic carbocycles. The summed E-state index contributed by atoms with van der Waals surface area (Å²) < 4.78 is 1.99. The van der Waals surface area contributed by atoms with E-state index in [0.29, 0.717) is 6.04 Å². The van der Waals surface area contributed by atoms with E-state index in [2.05, 4.69) is 42.9 Å². The first-order valence-corrected chi connectivity index (χ1v) is 8.06. The molecule has 4 heteroatoms. The van der Waals surface area contributed by atoms with Gasteiger partial charge in [-0.05, 0) is 57.1 Å². The Morgan fingerprint density at radius 1 is 1.39 bits per heavy atom. The Morgan fingerprint density at radius 2 is 2.06 bits per heavy atom. The third kappa shape index (κ3) is 3.29. The maximum Gasteiger partial charge on any atom is 0.0628 e. The highest BCUT2D eigenvalue weighted by Crippen LogP contribution is 2.19. The van der Waals surface area contributed by atoms with Gasteiger partial charge in [0.25, 0.3) is 0 Å². The number of hydrogen-bond donors (Lipinski definition) is 1. The molecule has 0 bridgehead atoms. The maximum atomic E-state index is 4.50. The lowest BCUT2D eigenvalue weighted by molar-refractivity contribution is 0.420. The number of aromatic nitrogens is 2. The molecule has 1 aliphatic rings. The smallest absolute Gasteiger partial charge is 0.0628 e. The first-order chi connectivity index (χ1) is 8.58. The molecule has 0 aromatic carbocycles. The lowest BCUT2D eigenvalue weighted by Gasteiger charge is -2.26. The van der Waals surface area contributed by atoms with Crippen molar-refractivity contribution < 1.29 is 0 Å². The molecular weight excluding hydrogens is 242 g/mol. The second-order valence-electron chi connectivity index (χ2n) is 5.43. The van der Waals surface area contributed by atoms with Crippen molar-refractivity contribution in [3.8, 4) is 0 Å². The highest BCUT2D eigenvalue weighted by atomic mass is 32.2. The Hall–Kier alpha value is -0.480. The van der Waals surface area contributed by atoms with Crippen molar-refractivity contribution in [2.45, 2.75) is 52.1 Å². The van der Waals surface area contributed by atoms with E-state index in [1.165, 1.54) is 41.3 Å². The van der Waals surface area contributed by atoms with Crippen molar-refractivity contribution in [3.63, 3.8) is 0 Å². The van der Waals surface area contributed by atoms with Crippen molar-refractivity contribution in [1.29, 1.82) is 0 Å². The van der Waals surface area contributed by atoms with Crippen LogP contribution in [0.1, 0.15) is 36.7 Å². The van der Waals surface area contributed by atoms with Gasteiger partial charge in [-0.2, -0.15) is 16.9 Å². The average Bonchev–Trinajstić information content (AvgIpc) is 2.57. The average molecular weight is 267 g/mol. The predicted molar refractivity (Wildman–Crippen MR) is 79.3 cm³/mol. The first-order valence-electron chi connectivity index (χ1n) is 6.90. The van der Waals surface area contributed by atoms with E-state index >= 15 is 0 Å². The molecule has 1 saturated heterocycles. The molecule has 1 atom stereocenters. The molecule has 102 valence electrons. The molecule has 0 amide bonds. The standard InChI is InChI=1S/C14H25N3S/c1-10(15-13-5-7-18-8-6-13)9-14-11(2)16-17(4)12(14)3/h10,13,15H,5-9H2,1-4H3. The number of nitrogens with one attached hydrogen (secondary N) is 1. The summed E-state index contributed by atoms with van der Waals surface area (Å²) >= 11 is 2.08. The molecule has 0 spiro atoms. The molecule has 1 aromatic heterocycles. The fraction of sp³-hybridized carbons (Fsp3) is 0.786.